The third-order valence-electron chi connectivity index (χ3n) is 18.7. The molecule has 14 aromatic rings. The number of allylic oxidation sites excluding steroid dienone is 2. The molecule has 0 unspecified atom stereocenters. The molecule has 572 valence electrons. The molecule has 0 aromatic heterocycles. The van der Waals surface area contributed by atoms with Gasteiger partial charge in [-0.25, -0.2) is 0 Å². The fourth-order valence-electron chi connectivity index (χ4n) is 12.1. The zero-order chi connectivity index (χ0) is 81.0. The number of para-hydroxylation sites is 4. The Morgan fingerprint density at radius 1 is 0.372 bits per heavy atom. The Hall–Kier alpha value is -13.0. The van der Waals surface area contributed by atoms with Crippen molar-refractivity contribution in [2.45, 2.75) is 112 Å². The van der Waals surface area contributed by atoms with Crippen LogP contribution >= 0.6 is 0 Å². The van der Waals surface area contributed by atoms with Crippen LogP contribution in [0.5, 0.6) is 23.0 Å². The number of nitriles is 1. The summed E-state index contributed by atoms with van der Waals surface area (Å²) in [5, 5.41) is 50.6. The van der Waals surface area contributed by atoms with Crippen LogP contribution in [0.4, 0.5) is 0 Å². The topological polar surface area (TPSA) is 105 Å². The van der Waals surface area contributed by atoms with Gasteiger partial charge in [0.25, 0.3) is 0 Å². The minimum Gasteiger partial charge on any atom is -0.508 e. The first kappa shape index (κ1) is 87.2. The molecule has 14 aromatic carbocycles. The van der Waals surface area contributed by atoms with E-state index in [0.29, 0.717) is 34.8 Å². The Balaban J connectivity index is 0.000000178. The van der Waals surface area contributed by atoms with Gasteiger partial charge in [0.05, 0.1) is 6.07 Å². The molecular formula is C108H111NO4. The van der Waals surface area contributed by atoms with E-state index in [2.05, 4.69) is 274 Å². The minimum absolute atomic E-state index is 0.0331. The second-order valence-electron chi connectivity index (χ2n) is 29.1. The third-order valence-corrected chi connectivity index (χ3v) is 18.7. The molecule has 0 amide bonds. The van der Waals surface area contributed by atoms with Gasteiger partial charge in [-0.15, -0.1) is 0 Å². The highest BCUT2D eigenvalue weighted by atomic mass is 16.3. The lowest BCUT2D eigenvalue weighted by Gasteiger charge is -2.22. The van der Waals surface area contributed by atoms with Gasteiger partial charge < -0.3 is 20.4 Å². The number of phenols is 4. The monoisotopic (exact) mass is 1490 g/mol. The van der Waals surface area contributed by atoms with Gasteiger partial charge in [-0.05, 0) is 194 Å². The van der Waals surface area contributed by atoms with Crippen LogP contribution in [0.2, 0.25) is 0 Å². The van der Waals surface area contributed by atoms with Crippen LogP contribution in [0.3, 0.4) is 0 Å². The molecular weight excluding hydrogens is 1380 g/mol. The van der Waals surface area contributed by atoms with Crippen molar-refractivity contribution in [1.82, 2.24) is 0 Å². The Kier molecular flexibility index (Phi) is 36.9. The number of hydrogen-bond donors (Lipinski definition) is 4. The Morgan fingerprint density at radius 2 is 0.752 bits per heavy atom. The van der Waals surface area contributed by atoms with Gasteiger partial charge in [0, 0.05) is 6.08 Å². The SMILES string of the molecule is C(=Cc1ccc2ccccc2c1)c1ccccc1.C=C(C)c1ccc2ccccc2c1.C=C(c1ccccc1)c1ccccc1.CC(C)(C)c1ccccc1O.CC(C)c1ccccc1O.Cc1ccc(/C=C/c2ccc(C)cc2)cc1.Cc1ccccc1O.N#C/C=C/c1ccccc1.Oc1ccccc1C1CCCCC1. The van der Waals surface area contributed by atoms with E-state index in [4.69, 9.17) is 10.4 Å². The van der Waals surface area contributed by atoms with Gasteiger partial charge >= 0.3 is 0 Å². The van der Waals surface area contributed by atoms with Crippen molar-refractivity contribution in [3.8, 4) is 29.1 Å². The fraction of sp³-hybridized carbons (Fsp3) is 0.157. The number of phenolic OH excluding ortho intramolecular Hbond substituents is 4. The van der Waals surface area contributed by atoms with E-state index in [-0.39, 0.29) is 5.41 Å². The van der Waals surface area contributed by atoms with Crippen LogP contribution < -0.4 is 0 Å². The first-order valence-corrected chi connectivity index (χ1v) is 38.8. The van der Waals surface area contributed by atoms with Gasteiger partial charge in [0.2, 0.25) is 0 Å². The van der Waals surface area contributed by atoms with Crippen molar-refractivity contribution in [3.63, 3.8) is 0 Å². The summed E-state index contributed by atoms with van der Waals surface area (Å²) in [7, 11) is 0. The zero-order valence-electron chi connectivity index (χ0n) is 67.3. The highest BCUT2D eigenvalue weighted by Gasteiger charge is 2.18. The molecule has 0 spiro atoms. The molecule has 0 atom stereocenters. The Labute approximate surface area is 674 Å². The van der Waals surface area contributed by atoms with Crippen molar-refractivity contribution >= 4 is 63.1 Å². The first-order chi connectivity index (χ1) is 54.6. The molecule has 1 aliphatic rings. The van der Waals surface area contributed by atoms with E-state index in [1.54, 1.807) is 30.3 Å². The number of rotatable bonds is 10. The lowest BCUT2D eigenvalue weighted by Crippen LogP contribution is -2.10. The minimum atomic E-state index is 0.0331. The van der Waals surface area contributed by atoms with Crippen LogP contribution in [0.15, 0.2) is 371 Å². The quantitative estimate of drug-likeness (QED) is 0.0807. The number of hydrogen-bond acceptors (Lipinski definition) is 5. The van der Waals surface area contributed by atoms with Gasteiger partial charge in [0.1, 0.15) is 23.0 Å². The largest absolute Gasteiger partial charge is 0.508 e. The highest BCUT2D eigenvalue weighted by molar-refractivity contribution is 5.87. The van der Waals surface area contributed by atoms with Crippen molar-refractivity contribution in [3.05, 3.63) is 449 Å². The third kappa shape index (κ3) is 31.8. The highest BCUT2D eigenvalue weighted by Crippen LogP contribution is 2.37. The van der Waals surface area contributed by atoms with Crippen molar-refractivity contribution < 1.29 is 20.4 Å². The summed E-state index contributed by atoms with van der Waals surface area (Å²) in [5.74, 6) is 2.65. The summed E-state index contributed by atoms with van der Waals surface area (Å²) in [6.45, 7) is 26.5. The maximum atomic E-state index is 9.66. The maximum Gasteiger partial charge on any atom is 0.119 e. The van der Waals surface area contributed by atoms with Crippen molar-refractivity contribution in [2.24, 2.45) is 0 Å². The van der Waals surface area contributed by atoms with Gasteiger partial charge in [-0.1, -0.05) is 423 Å². The molecule has 5 heteroatoms. The second kappa shape index (κ2) is 47.8. The predicted molar refractivity (Wildman–Crippen MR) is 487 cm³/mol. The van der Waals surface area contributed by atoms with E-state index >= 15 is 0 Å². The molecule has 0 heterocycles. The molecule has 0 bridgehead atoms. The second-order valence-corrected chi connectivity index (χ2v) is 29.1. The summed E-state index contributed by atoms with van der Waals surface area (Å²) in [5.41, 5.74) is 18.5. The Bertz CT molecular complexity index is 5140. The van der Waals surface area contributed by atoms with E-state index in [1.165, 1.54) is 110 Å². The number of benzene rings is 14. The summed E-state index contributed by atoms with van der Waals surface area (Å²) in [6.07, 6.45) is 18.3. The van der Waals surface area contributed by atoms with E-state index in [9.17, 15) is 15.3 Å². The van der Waals surface area contributed by atoms with Crippen molar-refractivity contribution in [1.29, 1.82) is 5.26 Å². The molecule has 113 heavy (non-hydrogen) atoms. The van der Waals surface area contributed by atoms with E-state index < -0.39 is 0 Å². The lowest BCUT2D eigenvalue weighted by molar-refractivity contribution is 0.414. The molecule has 1 aliphatic carbocycles. The molecule has 1 saturated carbocycles. The van der Waals surface area contributed by atoms with Gasteiger partial charge in [0.15, 0.2) is 0 Å². The number of aromatic hydroxyl groups is 4. The average Bonchev–Trinajstić information content (AvgIpc) is 0.856. The number of fused-ring (bicyclic) bond motifs is 2. The van der Waals surface area contributed by atoms with E-state index in [0.717, 1.165) is 39.0 Å². The molecule has 0 saturated heterocycles. The van der Waals surface area contributed by atoms with Crippen LogP contribution in [0.1, 0.15) is 163 Å². The summed E-state index contributed by atoms with van der Waals surface area (Å²) >= 11 is 0. The summed E-state index contributed by atoms with van der Waals surface area (Å²) in [6, 6.07) is 119. The summed E-state index contributed by atoms with van der Waals surface area (Å²) in [4.78, 5) is 0. The van der Waals surface area contributed by atoms with Crippen LogP contribution in [0.25, 0.3) is 63.1 Å². The van der Waals surface area contributed by atoms with E-state index in [1.807, 2.05) is 159 Å². The molecule has 5 nitrogen and oxygen atoms in total. The van der Waals surface area contributed by atoms with Crippen LogP contribution in [-0.2, 0) is 5.41 Å². The van der Waals surface area contributed by atoms with Gasteiger partial charge in [-0.3, -0.25) is 0 Å². The molecule has 4 N–H and O–H groups in total. The van der Waals surface area contributed by atoms with Crippen LogP contribution in [0, 0.1) is 32.1 Å². The molecule has 0 aliphatic heterocycles. The maximum absolute atomic E-state index is 9.66. The van der Waals surface area contributed by atoms with Crippen molar-refractivity contribution in [2.75, 3.05) is 0 Å². The lowest BCUT2D eigenvalue weighted by atomic mass is 9.84. The zero-order valence-corrected chi connectivity index (χ0v) is 67.3. The summed E-state index contributed by atoms with van der Waals surface area (Å²) < 4.78 is 0. The van der Waals surface area contributed by atoms with Gasteiger partial charge in [-0.2, -0.15) is 5.26 Å². The smallest absolute Gasteiger partial charge is 0.119 e. The molecule has 0 radical (unpaired) electrons. The fourth-order valence-corrected chi connectivity index (χ4v) is 12.1. The average molecular weight is 1490 g/mol. The normalized spacial score (nSPS) is 11.4. The first-order valence-electron chi connectivity index (χ1n) is 38.8. The molecule has 1 fully saturated rings. The number of aryl methyl sites for hydroxylation is 3. The predicted octanol–water partition coefficient (Wildman–Crippen LogP) is 29.7. The van der Waals surface area contributed by atoms with Crippen LogP contribution in [-0.4, -0.2) is 20.4 Å². The molecule has 15 rings (SSSR count). The standard InChI is InChI=1S/C18H14.C16H16.C14H12.C13H12.C12H16O.C10H14O.C9H7N.C9H12O.C7H8O/c1-2-6-15(7-3-1)10-11-16-12-13-17-8-4-5-9-18(17)14-16;1-13-3-7-15(8-4-13)11-12-16-9-5-14(2)6-10-16;1-12(13-8-4-2-5-9-13)14-10-6-3-7-11-14;1-10(2)12-8-7-11-5-3-4-6-13(11)9-12;13-12-9-5-4-8-11(12)10-6-2-1-3-7-10;1-10(2,3)8-6-4-5-7-9(8)11;10-8-4-7-9-5-2-1-3-6-9;1-7(2)8-5-3-4-6-9(8)10;1-6-4-2-3-5-7(6)8/h1-14H;3-12H,1-2H3;2-11H,1H2;3-9H,1H2,2H3;4-5,8-10,13H,1-3,6-7H2;4-7,11H,1-3H3;1-7H;3-7,10H,1-2H3;2-5,8H,1H3/b;12-11+;;;;;7-4+;;. The number of nitrogens with zero attached hydrogens (tertiary/aromatic N) is 1. The Morgan fingerprint density at radius 3 is 1.18 bits per heavy atom.